The largest absolute Gasteiger partial charge is 0.511 e. The van der Waals surface area contributed by atoms with Crippen LogP contribution in [0.3, 0.4) is 0 Å². The van der Waals surface area contributed by atoms with Crippen LogP contribution in [-0.4, -0.2) is 77.5 Å². The summed E-state index contributed by atoms with van der Waals surface area (Å²) in [5, 5.41) is 8.99. The summed E-state index contributed by atoms with van der Waals surface area (Å²) in [7, 11) is 1.79. The molecule has 1 aromatic carbocycles. The predicted molar refractivity (Wildman–Crippen MR) is 139 cm³/mol. The highest BCUT2D eigenvalue weighted by atomic mass is 19.4. The van der Waals surface area contributed by atoms with Gasteiger partial charge in [-0.3, -0.25) is 9.78 Å². The zero-order valence-electron chi connectivity index (χ0n) is 21.8. The Hall–Kier alpha value is -4.22. The van der Waals surface area contributed by atoms with Crippen LogP contribution in [0.4, 0.5) is 23.7 Å². The second-order valence-electron chi connectivity index (χ2n) is 9.92. The predicted octanol–water partition coefficient (Wildman–Crippen LogP) is 4.99. The highest BCUT2D eigenvalue weighted by Gasteiger charge is 2.41. The molecule has 3 aliphatic rings. The first-order valence-electron chi connectivity index (χ1n) is 13.0. The smallest absolute Gasteiger partial charge is 0.493 e. The van der Waals surface area contributed by atoms with Gasteiger partial charge >= 0.3 is 12.3 Å². The number of piperidine rings is 1. The molecule has 0 spiro atoms. The number of anilines is 1. The Morgan fingerprint density at radius 3 is 2.52 bits per heavy atom. The molecular weight excluding hydrogens is 529 g/mol. The summed E-state index contributed by atoms with van der Waals surface area (Å²) >= 11 is 0. The molecule has 4 heterocycles. The third-order valence-corrected chi connectivity index (χ3v) is 7.58. The normalized spacial score (nSPS) is 19.6. The second-order valence-corrected chi connectivity index (χ2v) is 9.92. The van der Waals surface area contributed by atoms with E-state index in [0.29, 0.717) is 29.9 Å². The standard InChI is InChI=1S/C28H29F3N4O5/c1-33(19-6-12-34(13-7-19)20-4-10-32-11-5-20)26(36)18-2-3-24-21(16-18)23(9-15-39-24)35-14-8-22(28(29,30)31)25(17-35)40-27(37)38/h2-5,8,10-11,16-17,19,23H,6-7,9,12-15H2,1H3,(H,37,38). The van der Waals surface area contributed by atoms with Gasteiger partial charge in [-0.2, -0.15) is 13.2 Å². The maximum Gasteiger partial charge on any atom is 0.511 e. The average molecular weight is 559 g/mol. The minimum Gasteiger partial charge on any atom is -0.493 e. The van der Waals surface area contributed by atoms with Gasteiger partial charge in [-0.05, 0) is 49.2 Å². The fourth-order valence-electron chi connectivity index (χ4n) is 5.51. The number of nitrogens with zero attached hydrogens (tertiary/aromatic N) is 4. The second kappa shape index (κ2) is 11.1. The Morgan fingerprint density at radius 2 is 1.85 bits per heavy atom. The lowest BCUT2D eigenvalue weighted by molar-refractivity contribution is -0.0941. The van der Waals surface area contributed by atoms with Gasteiger partial charge < -0.3 is 29.3 Å². The number of pyridine rings is 1. The summed E-state index contributed by atoms with van der Waals surface area (Å²) in [5.41, 5.74) is 1.05. The zero-order chi connectivity index (χ0) is 28.4. The van der Waals surface area contributed by atoms with E-state index in [1.165, 1.54) is 0 Å². The van der Waals surface area contributed by atoms with E-state index in [-0.39, 0.29) is 18.5 Å². The van der Waals surface area contributed by atoms with Gasteiger partial charge in [-0.1, -0.05) is 0 Å². The number of carboxylic acid groups (broad SMARTS) is 1. The van der Waals surface area contributed by atoms with Crippen molar-refractivity contribution in [3.63, 3.8) is 0 Å². The minimum atomic E-state index is -4.76. The number of hydrogen-bond acceptors (Lipinski definition) is 7. The van der Waals surface area contributed by atoms with E-state index in [1.807, 2.05) is 12.1 Å². The summed E-state index contributed by atoms with van der Waals surface area (Å²) in [6.07, 6.45) is 0.949. The molecule has 3 aliphatic heterocycles. The molecular formula is C28H29F3N4O5. The average Bonchev–Trinajstić information content (AvgIpc) is 2.95. The van der Waals surface area contributed by atoms with Crippen molar-refractivity contribution in [3.05, 3.63) is 77.5 Å². The number of hydrogen-bond donors (Lipinski definition) is 1. The lowest BCUT2D eigenvalue weighted by Crippen LogP contribution is -2.45. The molecule has 2 aromatic rings. The van der Waals surface area contributed by atoms with Gasteiger partial charge in [0.05, 0.1) is 18.2 Å². The van der Waals surface area contributed by atoms with Crippen LogP contribution in [-0.2, 0) is 4.74 Å². The SMILES string of the molecule is CN(C(=O)c1ccc2c(c1)C(N1C=C(OC(=O)O)C(C(F)(F)F)=CC1)CCO2)C1CCN(c2ccncc2)CC1. The molecule has 0 bridgehead atoms. The molecule has 1 atom stereocenters. The number of allylic oxidation sites excluding steroid dienone is 1. The third-order valence-electron chi connectivity index (χ3n) is 7.58. The topological polar surface area (TPSA) is 95.4 Å². The van der Waals surface area contributed by atoms with E-state index in [2.05, 4.69) is 14.6 Å². The third kappa shape index (κ3) is 5.70. The minimum absolute atomic E-state index is 0.0559. The molecule has 5 rings (SSSR count). The molecule has 1 N–H and O–H groups in total. The van der Waals surface area contributed by atoms with Crippen LogP contribution >= 0.6 is 0 Å². The van der Waals surface area contributed by atoms with E-state index in [0.717, 1.165) is 43.9 Å². The summed E-state index contributed by atoms with van der Waals surface area (Å²) in [5.74, 6) is -0.414. The van der Waals surface area contributed by atoms with Crippen molar-refractivity contribution in [3.8, 4) is 5.75 Å². The van der Waals surface area contributed by atoms with Gasteiger partial charge in [-0.15, -0.1) is 0 Å². The molecule has 1 aromatic heterocycles. The molecule has 9 nitrogen and oxygen atoms in total. The molecule has 1 saturated heterocycles. The molecule has 1 fully saturated rings. The van der Waals surface area contributed by atoms with Crippen molar-refractivity contribution in [1.82, 2.24) is 14.8 Å². The highest BCUT2D eigenvalue weighted by Crippen LogP contribution is 2.41. The molecule has 0 radical (unpaired) electrons. The Labute approximate surface area is 229 Å². The van der Waals surface area contributed by atoms with Crippen LogP contribution in [0.25, 0.3) is 0 Å². The van der Waals surface area contributed by atoms with Crippen molar-refractivity contribution in [2.75, 3.05) is 38.2 Å². The van der Waals surface area contributed by atoms with E-state index in [4.69, 9.17) is 9.84 Å². The number of rotatable bonds is 5. The van der Waals surface area contributed by atoms with E-state index in [9.17, 15) is 22.8 Å². The number of alkyl halides is 3. The number of amides is 1. The summed E-state index contributed by atoms with van der Waals surface area (Å²) in [6.45, 7) is 1.82. The maximum atomic E-state index is 13.5. The lowest BCUT2D eigenvalue weighted by Gasteiger charge is -2.38. The molecule has 212 valence electrons. The maximum absolute atomic E-state index is 13.5. The van der Waals surface area contributed by atoms with Crippen LogP contribution in [0.5, 0.6) is 5.75 Å². The van der Waals surface area contributed by atoms with Gasteiger partial charge in [0.2, 0.25) is 0 Å². The van der Waals surface area contributed by atoms with Crippen LogP contribution in [0.15, 0.2) is 66.3 Å². The number of halogens is 3. The summed E-state index contributed by atoms with van der Waals surface area (Å²) < 4.78 is 50.6. The van der Waals surface area contributed by atoms with Crippen LogP contribution in [0, 0.1) is 0 Å². The number of fused-ring (bicyclic) bond motifs is 1. The molecule has 0 saturated carbocycles. The van der Waals surface area contributed by atoms with Gasteiger partial charge in [0.15, 0.2) is 5.76 Å². The molecule has 0 aliphatic carbocycles. The Kier molecular flexibility index (Phi) is 7.59. The monoisotopic (exact) mass is 558 g/mol. The van der Waals surface area contributed by atoms with E-state index < -0.39 is 29.7 Å². The Bertz CT molecular complexity index is 1320. The molecule has 1 amide bonds. The highest BCUT2D eigenvalue weighted by molar-refractivity contribution is 5.94. The zero-order valence-corrected chi connectivity index (χ0v) is 21.8. The van der Waals surface area contributed by atoms with E-state index >= 15 is 0 Å². The lowest BCUT2D eigenvalue weighted by atomic mass is 9.95. The number of aromatic nitrogens is 1. The van der Waals surface area contributed by atoms with Crippen LogP contribution in [0.1, 0.15) is 41.2 Å². The quantitative estimate of drug-likeness (QED) is 0.514. The van der Waals surface area contributed by atoms with Crippen LogP contribution in [0.2, 0.25) is 0 Å². The molecule has 1 unspecified atom stereocenters. The summed E-state index contributed by atoms with van der Waals surface area (Å²) in [4.78, 5) is 34.3. The van der Waals surface area contributed by atoms with Crippen molar-refractivity contribution in [1.29, 1.82) is 0 Å². The van der Waals surface area contributed by atoms with Gasteiger partial charge in [0.1, 0.15) is 5.75 Å². The number of ether oxygens (including phenoxy) is 2. The summed E-state index contributed by atoms with van der Waals surface area (Å²) in [6, 6.07) is 8.67. The van der Waals surface area contributed by atoms with Crippen molar-refractivity contribution >= 4 is 17.7 Å². The first-order valence-corrected chi connectivity index (χ1v) is 13.0. The van der Waals surface area contributed by atoms with E-state index in [1.54, 1.807) is 47.4 Å². The van der Waals surface area contributed by atoms with Crippen molar-refractivity contribution in [2.45, 2.75) is 37.5 Å². The van der Waals surface area contributed by atoms with Crippen molar-refractivity contribution in [2.24, 2.45) is 0 Å². The fraction of sp³-hybridized carbons (Fsp3) is 0.393. The first-order chi connectivity index (χ1) is 19.1. The number of benzene rings is 1. The Morgan fingerprint density at radius 1 is 1.12 bits per heavy atom. The fourth-order valence-corrected chi connectivity index (χ4v) is 5.51. The van der Waals surface area contributed by atoms with Gasteiger partial charge in [0.25, 0.3) is 5.91 Å². The molecule has 40 heavy (non-hydrogen) atoms. The molecule has 12 heteroatoms. The Balaban J connectivity index is 1.33. The van der Waals surface area contributed by atoms with Crippen molar-refractivity contribution < 1.29 is 37.3 Å². The number of carbonyl (C=O) groups excluding carboxylic acids is 1. The van der Waals surface area contributed by atoms with Crippen LogP contribution < -0.4 is 9.64 Å². The van der Waals surface area contributed by atoms with Gasteiger partial charge in [-0.25, -0.2) is 4.79 Å². The number of carbonyl (C=O) groups is 2. The first kappa shape index (κ1) is 27.4. The van der Waals surface area contributed by atoms with Gasteiger partial charge in [0, 0.05) is 74.6 Å².